The van der Waals surface area contributed by atoms with Crippen LogP contribution >= 0.6 is 0 Å². The number of aromatic nitrogens is 3. The summed E-state index contributed by atoms with van der Waals surface area (Å²) in [6.07, 6.45) is 1.26. The summed E-state index contributed by atoms with van der Waals surface area (Å²) in [5.41, 5.74) is 2.53. The monoisotopic (exact) mass is 699 g/mol. The third-order valence-corrected chi connectivity index (χ3v) is 12.9. The largest absolute Gasteiger partial charge is 0.497 e. The summed E-state index contributed by atoms with van der Waals surface area (Å²) < 4.78 is 35.8. The zero-order valence-corrected chi connectivity index (χ0v) is 29.7. The average molecular weight is 700 g/mol. The Morgan fingerprint density at radius 2 is 1.90 bits per heavy atom. The van der Waals surface area contributed by atoms with Gasteiger partial charge in [0.15, 0.2) is 5.60 Å². The highest BCUT2D eigenvalue weighted by molar-refractivity contribution is 6.72. The van der Waals surface area contributed by atoms with Crippen molar-refractivity contribution in [1.29, 1.82) is 0 Å². The first-order chi connectivity index (χ1) is 24.0. The van der Waals surface area contributed by atoms with Crippen molar-refractivity contribution in [3.63, 3.8) is 0 Å². The number of hydrogen-bond acceptors (Lipinski definition) is 8. The molecule has 2 fully saturated rings. The fourth-order valence-corrected chi connectivity index (χ4v) is 10.7. The fraction of sp³-hybridized carbons (Fsp3) is 0.405. The van der Waals surface area contributed by atoms with Crippen LogP contribution in [0.25, 0.3) is 0 Å². The lowest BCUT2D eigenvalue weighted by atomic mass is 9.82. The number of nitrogens with zero attached hydrogens (tertiary/aromatic N) is 5. The minimum atomic E-state index is -3.40. The van der Waals surface area contributed by atoms with Gasteiger partial charge in [-0.05, 0) is 61.0 Å². The van der Waals surface area contributed by atoms with Gasteiger partial charge >= 0.3 is 6.09 Å². The number of methoxy groups -OCH3 is 1. The molecule has 3 aliphatic heterocycles. The fourth-order valence-electron chi connectivity index (χ4n) is 8.11. The summed E-state index contributed by atoms with van der Waals surface area (Å²) in [7, 11) is -1.82. The van der Waals surface area contributed by atoms with E-state index < -0.39 is 37.7 Å². The summed E-state index contributed by atoms with van der Waals surface area (Å²) in [5, 5.41) is 18.8. The van der Waals surface area contributed by atoms with Crippen LogP contribution in [0.1, 0.15) is 41.6 Å². The quantitative estimate of drug-likeness (QED) is 0.155. The van der Waals surface area contributed by atoms with E-state index in [1.807, 2.05) is 85.9 Å². The number of aryl methyl sites for hydroxylation is 1. The van der Waals surface area contributed by atoms with Crippen molar-refractivity contribution in [1.82, 2.24) is 15.0 Å². The van der Waals surface area contributed by atoms with Crippen LogP contribution in [0.4, 0.5) is 20.3 Å². The first-order valence-electron chi connectivity index (χ1n) is 17.0. The van der Waals surface area contributed by atoms with Crippen LogP contribution in [0.15, 0.2) is 79.0 Å². The Labute approximate surface area is 291 Å². The number of rotatable bonds is 11. The van der Waals surface area contributed by atoms with Gasteiger partial charge in [0.05, 0.1) is 50.2 Å². The Bertz CT molecular complexity index is 1890. The molecule has 1 unspecified atom stereocenters. The highest BCUT2D eigenvalue weighted by Gasteiger charge is 2.66. The van der Waals surface area contributed by atoms with Crippen LogP contribution in [0.5, 0.6) is 5.75 Å². The molecular formula is C37H42FN5O6Si. The van der Waals surface area contributed by atoms with Crippen molar-refractivity contribution in [3.8, 4) is 5.75 Å². The minimum absolute atomic E-state index is 0.116. The number of hydrogen-bond donors (Lipinski definition) is 1. The summed E-state index contributed by atoms with van der Waals surface area (Å²) >= 11 is 0. The van der Waals surface area contributed by atoms with Crippen LogP contribution in [-0.4, -0.2) is 73.5 Å². The molecule has 50 heavy (non-hydrogen) atoms. The van der Waals surface area contributed by atoms with Gasteiger partial charge in [-0.25, -0.2) is 4.79 Å². The lowest BCUT2D eigenvalue weighted by molar-refractivity contribution is -0.146. The van der Waals surface area contributed by atoms with Crippen molar-refractivity contribution in [2.75, 3.05) is 36.7 Å². The van der Waals surface area contributed by atoms with Crippen LogP contribution in [0, 0.1) is 5.92 Å². The minimum Gasteiger partial charge on any atom is -0.497 e. The molecule has 2 saturated heterocycles. The standard InChI is InChI=1S/C37H42FN5O6Si/c1-24-34(50(3,4)38)33(15-16-41-22-31(39-40-41)29(23-44)26-10-6-5-7-11-26)49-37(24)30-20-28(47-2)13-14-32(30)43(35(37)45)21-25-9-8-12-27(19-25)42-17-18-48-36(42)46/h5-14,19-20,22,24,29,33-34,44H,15-18,21,23H2,1-4H3/t24-,29?,33+,34-,37+/m1/s1. The second-order valence-corrected chi connectivity index (χ2v) is 17.6. The molecule has 13 heteroatoms. The predicted molar refractivity (Wildman–Crippen MR) is 187 cm³/mol. The van der Waals surface area contributed by atoms with Gasteiger partial charge in [0.2, 0.25) is 8.41 Å². The molecule has 3 aromatic carbocycles. The Hall–Kier alpha value is -4.59. The maximum absolute atomic E-state index is 16.4. The predicted octanol–water partition coefficient (Wildman–Crippen LogP) is 5.78. The molecular weight excluding hydrogens is 658 g/mol. The number of aliphatic hydroxyl groups excluding tert-OH is 1. The molecule has 0 radical (unpaired) electrons. The number of carbonyl (C=O) groups excluding carboxylic acids is 2. The van der Waals surface area contributed by atoms with Crippen molar-refractivity contribution in [2.45, 2.75) is 62.7 Å². The number of halogens is 1. The molecule has 1 aromatic heterocycles. The van der Waals surface area contributed by atoms with E-state index in [1.54, 1.807) is 34.7 Å². The molecule has 5 atom stereocenters. The van der Waals surface area contributed by atoms with Crippen LogP contribution in [0.3, 0.4) is 0 Å². The number of benzene rings is 3. The first kappa shape index (κ1) is 33.9. The van der Waals surface area contributed by atoms with Gasteiger partial charge in [-0.15, -0.1) is 5.10 Å². The smallest absolute Gasteiger partial charge is 0.414 e. The van der Waals surface area contributed by atoms with Crippen LogP contribution in [0.2, 0.25) is 18.6 Å². The topological polar surface area (TPSA) is 119 Å². The first-order valence-corrected chi connectivity index (χ1v) is 20.0. The SMILES string of the molecule is COc1ccc2c(c1)[C@]1(O[C@@H](CCn3cc(C(CO)c4ccccc4)nn3)[C@H]([Si](C)(C)F)[C@H]1C)C(=O)N2Cc1cccc(N2CCOC2=O)c1. The van der Waals surface area contributed by atoms with E-state index in [0.29, 0.717) is 54.5 Å². The maximum Gasteiger partial charge on any atom is 0.414 e. The number of amides is 2. The van der Waals surface area contributed by atoms with E-state index in [2.05, 4.69) is 10.3 Å². The third kappa shape index (κ3) is 5.86. The number of fused-ring (bicyclic) bond motifs is 2. The number of carbonyl (C=O) groups is 2. The number of anilines is 2. The number of cyclic esters (lactones) is 1. The van der Waals surface area contributed by atoms with Crippen molar-refractivity contribution >= 4 is 31.8 Å². The van der Waals surface area contributed by atoms with E-state index in [4.69, 9.17) is 14.2 Å². The molecule has 0 bridgehead atoms. The van der Waals surface area contributed by atoms with Gasteiger partial charge in [0.1, 0.15) is 12.4 Å². The maximum atomic E-state index is 16.4. The Morgan fingerprint density at radius 1 is 1.10 bits per heavy atom. The van der Waals surface area contributed by atoms with Crippen molar-refractivity contribution in [3.05, 3.63) is 101 Å². The van der Waals surface area contributed by atoms with Gasteiger partial charge in [-0.1, -0.05) is 54.6 Å². The lowest BCUT2D eigenvalue weighted by Gasteiger charge is -2.31. The van der Waals surface area contributed by atoms with Crippen LogP contribution < -0.4 is 14.5 Å². The zero-order chi connectivity index (χ0) is 35.2. The molecule has 262 valence electrons. The molecule has 2 amide bonds. The molecule has 1 N–H and O–H groups in total. The van der Waals surface area contributed by atoms with E-state index >= 15 is 4.11 Å². The molecule has 0 aliphatic carbocycles. The Balaban J connectivity index is 1.18. The molecule has 7 rings (SSSR count). The van der Waals surface area contributed by atoms with Gasteiger partial charge in [0.25, 0.3) is 5.91 Å². The molecule has 4 heterocycles. The summed E-state index contributed by atoms with van der Waals surface area (Å²) in [6.45, 7) is 6.58. The number of ether oxygens (including phenoxy) is 3. The second-order valence-electron chi connectivity index (χ2n) is 13.8. The summed E-state index contributed by atoms with van der Waals surface area (Å²) in [5.74, 6) is -0.468. The van der Waals surface area contributed by atoms with Gasteiger partial charge in [0, 0.05) is 35.5 Å². The molecule has 1 spiro atoms. The van der Waals surface area contributed by atoms with E-state index in [-0.39, 0.29) is 25.0 Å². The highest BCUT2D eigenvalue weighted by Crippen LogP contribution is 2.60. The Morgan fingerprint density at radius 3 is 2.60 bits per heavy atom. The second kappa shape index (κ2) is 13.3. The molecule has 11 nitrogen and oxygen atoms in total. The normalized spacial score (nSPS) is 23.8. The molecule has 3 aliphatic rings. The lowest BCUT2D eigenvalue weighted by Crippen LogP contribution is -2.45. The van der Waals surface area contributed by atoms with E-state index in [0.717, 1.165) is 11.1 Å². The molecule has 4 aromatic rings. The van der Waals surface area contributed by atoms with Gasteiger partial charge in [-0.3, -0.25) is 14.4 Å². The Kier molecular flexibility index (Phi) is 8.99. The summed E-state index contributed by atoms with van der Waals surface area (Å²) in [6, 6.07) is 22.7. The third-order valence-electron chi connectivity index (χ3n) is 10.4. The molecule has 0 saturated carbocycles. The van der Waals surface area contributed by atoms with E-state index in [9.17, 15) is 14.7 Å². The van der Waals surface area contributed by atoms with Crippen molar-refractivity contribution < 1.29 is 33.0 Å². The van der Waals surface area contributed by atoms with Crippen molar-refractivity contribution in [2.24, 2.45) is 5.92 Å². The van der Waals surface area contributed by atoms with Gasteiger partial charge in [-0.2, -0.15) is 0 Å². The van der Waals surface area contributed by atoms with Crippen LogP contribution in [-0.2, 0) is 33.0 Å². The average Bonchev–Trinajstić information content (AvgIpc) is 3.87. The van der Waals surface area contributed by atoms with E-state index in [1.165, 1.54) is 0 Å². The number of aliphatic hydroxyl groups is 1. The van der Waals surface area contributed by atoms with Gasteiger partial charge < -0.3 is 28.3 Å². The zero-order valence-electron chi connectivity index (χ0n) is 28.7. The summed E-state index contributed by atoms with van der Waals surface area (Å²) in [4.78, 5) is 30.4. The highest BCUT2D eigenvalue weighted by atomic mass is 28.4.